The van der Waals surface area contributed by atoms with E-state index >= 15 is 0 Å². The van der Waals surface area contributed by atoms with Crippen LogP contribution in [0.1, 0.15) is 56.6 Å². The molecule has 31 heavy (non-hydrogen) atoms. The van der Waals surface area contributed by atoms with Gasteiger partial charge < -0.3 is 19.5 Å². The molecule has 4 heteroatoms. The molecule has 4 rings (SSSR count). The van der Waals surface area contributed by atoms with Crippen molar-refractivity contribution >= 4 is 0 Å². The normalized spacial score (nSPS) is 33.4. The van der Waals surface area contributed by atoms with Crippen LogP contribution in [0.4, 0.5) is 0 Å². The number of fused-ring (bicyclic) bond motifs is 5. The molecule has 172 valence electrons. The van der Waals surface area contributed by atoms with Crippen molar-refractivity contribution in [3.8, 4) is 5.75 Å². The number of hydrogen-bond donors (Lipinski definition) is 1. The lowest BCUT2D eigenvalue weighted by Crippen LogP contribution is -2.43. The molecular weight excluding hydrogens is 386 g/mol. The summed E-state index contributed by atoms with van der Waals surface area (Å²) in [7, 11) is 4.12. The number of benzene rings is 1. The Morgan fingerprint density at radius 2 is 1.97 bits per heavy atom. The van der Waals surface area contributed by atoms with Gasteiger partial charge in [0.1, 0.15) is 5.75 Å². The zero-order valence-electron chi connectivity index (χ0n) is 19.9. The summed E-state index contributed by atoms with van der Waals surface area (Å²) in [6.07, 6.45) is 8.56. The van der Waals surface area contributed by atoms with Crippen LogP contribution in [0.5, 0.6) is 5.75 Å². The van der Waals surface area contributed by atoms with Gasteiger partial charge in [-0.3, -0.25) is 0 Å². The summed E-state index contributed by atoms with van der Waals surface area (Å²) in [5, 5.41) is 9.95. The second-order valence-electron chi connectivity index (χ2n) is 10.6. The number of hydrogen-bond acceptors (Lipinski definition) is 4. The Balaban J connectivity index is 1.36. The molecule has 0 spiro atoms. The number of phenols is 1. The Bertz CT molecular complexity index is 789. The van der Waals surface area contributed by atoms with E-state index in [-0.39, 0.29) is 0 Å². The molecule has 2 saturated carbocycles. The van der Waals surface area contributed by atoms with E-state index in [2.05, 4.69) is 45.0 Å². The highest BCUT2D eigenvalue weighted by Gasteiger charge is 2.54. The minimum Gasteiger partial charge on any atom is -0.508 e. The van der Waals surface area contributed by atoms with Gasteiger partial charge in [-0.15, -0.1) is 0 Å². The Kier molecular flexibility index (Phi) is 7.10. The molecule has 2 fully saturated rings. The predicted molar refractivity (Wildman–Crippen MR) is 126 cm³/mol. The lowest BCUT2D eigenvalue weighted by molar-refractivity contribution is 0.0453. The van der Waals surface area contributed by atoms with E-state index in [1.54, 1.807) is 5.57 Å². The van der Waals surface area contributed by atoms with E-state index in [0.29, 0.717) is 42.8 Å². The number of allylic oxidation sites excluding steroid dienone is 1. The van der Waals surface area contributed by atoms with Crippen LogP contribution >= 0.6 is 0 Å². The molecule has 4 nitrogen and oxygen atoms in total. The fraction of sp³-hybridized carbons (Fsp3) is 0.704. The number of ether oxygens (including phenoxy) is 2. The standard InChI is InChI=1S/C27H41NO3/c1-19-17-20-18-22(29)6-7-23(20)24-9-11-27(2)21(5-8-25(27)26(19)24)10-13-30-15-16-31-14-12-28(3)4/h6-7,10,18-19,24-26,29H,5,8-9,11-17H2,1-4H3/b21-10+/t19-,24-,25+,26-,27-/m1/s1. The van der Waals surface area contributed by atoms with Crippen LogP contribution in [0.15, 0.2) is 29.8 Å². The topological polar surface area (TPSA) is 41.9 Å². The van der Waals surface area contributed by atoms with Crippen molar-refractivity contribution in [1.82, 2.24) is 4.90 Å². The van der Waals surface area contributed by atoms with Crippen LogP contribution in [0, 0.1) is 23.2 Å². The summed E-state index contributed by atoms with van der Waals surface area (Å²) < 4.78 is 11.5. The van der Waals surface area contributed by atoms with Gasteiger partial charge in [-0.2, -0.15) is 0 Å². The smallest absolute Gasteiger partial charge is 0.115 e. The lowest BCUT2D eigenvalue weighted by Gasteiger charge is -2.52. The van der Waals surface area contributed by atoms with Crippen molar-refractivity contribution in [3.63, 3.8) is 0 Å². The molecule has 0 heterocycles. The molecule has 1 aromatic rings. The predicted octanol–water partition coefficient (Wildman–Crippen LogP) is 5.02. The molecule has 0 radical (unpaired) electrons. The highest BCUT2D eigenvalue weighted by molar-refractivity contribution is 5.41. The summed E-state index contributed by atoms with van der Waals surface area (Å²) in [5.41, 5.74) is 4.86. The number of likely N-dealkylation sites (N-methyl/N-ethyl adjacent to an activating group) is 1. The molecule has 3 aliphatic rings. The van der Waals surface area contributed by atoms with Crippen LogP contribution in [0.3, 0.4) is 0 Å². The average Bonchev–Trinajstić information content (AvgIpc) is 3.05. The van der Waals surface area contributed by atoms with E-state index in [1.807, 2.05) is 12.1 Å². The van der Waals surface area contributed by atoms with Crippen molar-refractivity contribution in [2.45, 2.75) is 51.9 Å². The first-order chi connectivity index (χ1) is 14.9. The van der Waals surface area contributed by atoms with Crippen molar-refractivity contribution in [3.05, 3.63) is 41.0 Å². The van der Waals surface area contributed by atoms with Gasteiger partial charge >= 0.3 is 0 Å². The largest absolute Gasteiger partial charge is 0.508 e. The highest BCUT2D eigenvalue weighted by atomic mass is 16.5. The van der Waals surface area contributed by atoms with Gasteiger partial charge in [-0.1, -0.05) is 31.6 Å². The summed E-state index contributed by atoms with van der Waals surface area (Å²) in [6.45, 7) is 8.74. The van der Waals surface area contributed by atoms with Gasteiger partial charge in [0.25, 0.3) is 0 Å². The number of nitrogens with zero attached hydrogens (tertiary/aromatic N) is 1. The van der Waals surface area contributed by atoms with Crippen LogP contribution in [-0.4, -0.2) is 57.1 Å². The molecule has 0 saturated heterocycles. The third-order valence-corrected chi connectivity index (χ3v) is 8.41. The molecular formula is C27H41NO3. The first kappa shape index (κ1) is 22.8. The second kappa shape index (κ2) is 9.64. The number of rotatable bonds is 8. The lowest BCUT2D eigenvalue weighted by atomic mass is 9.52. The Morgan fingerprint density at radius 3 is 2.77 bits per heavy atom. The van der Waals surface area contributed by atoms with E-state index in [0.717, 1.165) is 31.4 Å². The first-order valence-electron chi connectivity index (χ1n) is 12.2. The van der Waals surface area contributed by atoms with Crippen molar-refractivity contribution in [2.24, 2.45) is 23.2 Å². The van der Waals surface area contributed by atoms with Crippen LogP contribution in [0.25, 0.3) is 0 Å². The fourth-order valence-electron chi connectivity index (χ4n) is 6.86. The Labute approximate surface area is 188 Å². The second-order valence-corrected chi connectivity index (χ2v) is 10.6. The zero-order valence-corrected chi connectivity index (χ0v) is 19.9. The molecule has 3 aliphatic carbocycles. The third-order valence-electron chi connectivity index (χ3n) is 8.41. The first-order valence-corrected chi connectivity index (χ1v) is 12.2. The highest BCUT2D eigenvalue weighted by Crippen LogP contribution is 2.63. The van der Waals surface area contributed by atoms with E-state index in [9.17, 15) is 5.11 Å². The summed E-state index contributed by atoms with van der Waals surface area (Å²) >= 11 is 0. The summed E-state index contributed by atoms with van der Waals surface area (Å²) in [4.78, 5) is 2.13. The molecule has 0 amide bonds. The van der Waals surface area contributed by atoms with Crippen LogP contribution in [0.2, 0.25) is 0 Å². The van der Waals surface area contributed by atoms with E-state index in [1.165, 1.54) is 36.8 Å². The van der Waals surface area contributed by atoms with Gasteiger partial charge in [0.2, 0.25) is 0 Å². The minimum absolute atomic E-state index is 0.329. The van der Waals surface area contributed by atoms with Crippen LogP contribution < -0.4 is 0 Å². The maximum atomic E-state index is 9.95. The monoisotopic (exact) mass is 427 g/mol. The Morgan fingerprint density at radius 1 is 1.16 bits per heavy atom. The number of aromatic hydroxyl groups is 1. The third kappa shape index (κ3) is 4.72. The maximum absolute atomic E-state index is 9.95. The van der Waals surface area contributed by atoms with Crippen molar-refractivity contribution in [2.75, 3.05) is 47.1 Å². The van der Waals surface area contributed by atoms with Gasteiger partial charge in [0, 0.05) is 6.54 Å². The summed E-state index contributed by atoms with van der Waals surface area (Å²) in [5.74, 6) is 3.28. The van der Waals surface area contributed by atoms with Gasteiger partial charge in [0.05, 0.1) is 26.4 Å². The summed E-state index contributed by atoms with van der Waals surface area (Å²) in [6, 6.07) is 6.11. The van der Waals surface area contributed by atoms with Crippen LogP contribution in [-0.2, 0) is 15.9 Å². The molecule has 0 unspecified atom stereocenters. The quantitative estimate of drug-likeness (QED) is 0.467. The molecule has 1 N–H and O–H groups in total. The van der Waals surface area contributed by atoms with Gasteiger partial charge in [-0.05, 0) is 98.5 Å². The van der Waals surface area contributed by atoms with Gasteiger partial charge in [-0.25, -0.2) is 0 Å². The Hall–Kier alpha value is -1.36. The molecule has 1 aromatic carbocycles. The minimum atomic E-state index is 0.329. The van der Waals surface area contributed by atoms with Gasteiger partial charge in [0.15, 0.2) is 0 Å². The van der Waals surface area contributed by atoms with E-state index < -0.39 is 0 Å². The maximum Gasteiger partial charge on any atom is 0.115 e. The zero-order chi connectivity index (χ0) is 22.0. The molecule has 5 atom stereocenters. The van der Waals surface area contributed by atoms with Crippen molar-refractivity contribution in [1.29, 1.82) is 0 Å². The number of phenolic OH excluding ortho intramolecular Hbond substituents is 1. The van der Waals surface area contributed by atoms with E-state index in [4.69, 9.17) is 9.47 Å². The average molecular weight is 428 g/mol. The molecule has 0 aliphatic heterocycles. The SMILES string of the molecule is C[C@@H]1Cc2cc(O)ccc2[C@H]2CC[C@]3(C)/C(=C/COCCOCCN(C)C)CC[C@H]3[C@H]12. The molecule has 0 bridgehead atoms. The fourth-order valence-corrected chi connectivity index (χ4v) is 6.86. The molecule has 0 aromatic heterocycles. The van der Waals surface area contributed by atoms with Crippen molar-refractivity contribution < 1.29 is 14.6 Å².